The molecule has 0 aromatic heterocycles. The summed E-state index contributed by atoms with van der Waals surface area (Å²) in [6.45, 7) is 2.51. The van der Waals surface area contributed by atoms with Crippen LogP contribution in [0.1, 0.15) is 11.7 Å². The van der Waals surface area contributed by atoms with Gasteiger partial charge in [0.25, 0.3) is 0 Å². The Morgan fingerprint density at radius 1 is 1.23 bits per heavy atom. The van der Waals surface area contributed by atoms with Gasteiger partial charge >= 0.3 is 0 Å². The van der Waals surface area contributed by atoms with Crippen molar-refractivity contribution in [3.63, 3.8) is 0 Å². The molecule has 26 heavy (non-hydrogen) atoms. The van der Waals surface area contributed by atoms with Crippen LogP contribution in [0.2, 0.25) is 0 Å². The molecule has 0 bridgehead atoms. The predicted octanol–water partition coefficient (Wildman–Crippen LogP) is 3.30. The van der Waals surface area contributed by atoms with E-state index in [2.05, 4.69) is 20.8 Å². The molecule has 0 saturated carbocycles. The van der Waals surface area contributed by atoms with E-state index in [1.165, 1.54) is 7.11 Å². The second-order valence-corrected chi connectivity index (χ2v) is 9.23. The summed E-state index contributed by atoms with van der Waals surface area (Å²) in [5.41, 5.74) is 1.11. The maximum atomic E-state index is 12.6. The van der Waals surface area contributed by atoms with Crippen molar-refractivity contribution >= 4 is 25.8 Å². The summed E-state index contributed by atoms with van der Waals surface area (Å²) in [6.07, 6.45) is -0.0311. The van der Waals surface area contributed by atoms with Gasteiger partial charge in [-0.15, -0.1) is 0 Å². The molecule has 1 aliphatic heterocycles. The van der Waals surface area contributed by atoms with E-state index in [0.717, 1.165) is 16.6 Å². The van der Waals surface area contributed by atoms with Crippen LogP contribution in [0.4, 0.5) is 0 Å². The molecule has 1 saturated heterocycles. The number of rotatable bonds is 6. The Kier molecular flexibility index (Phi) is 6.34. The summed E-state index contributed by atoms with van der Waals surface area (Å²) < 4.78 is 37.2. The zero-order valence-corrected chi connectivity index (χ0v) is 17.0. The Bertz CT molecular complexity index is 839. The normalized spacial score (nSPS) is 18.6. The minimum absolute atomic E-state index is 0.0311. The van der Waals surface area contributed by atoms with Crippen LogP contribution in [-0.2, 0) is 14.6 Å². The van der Waals surface area contributed by atoms with Gasteiger partial charge in [-0.2, -0.15) is 0 Å². The lowest BCUT2D eigenvalue weighted by Gasteiger charge is -2.33. The van der Waals surface area contributed by atoms with Crippen LogP contribution in [0.25, 0.3) is 0 Å². The molecule has 140 valence electrons. The number of hydrogen-bond donors (Lipinski definition) is 0. The van der Waals surface area contributed by atoms with E-state index >= 15 is 0 Å². The van der Waals surface area contributed by atoms with Gasteiger partial charge in [-0.25, -0.2) is 8.42 Å². The molecule has 0 radical (unpaired) electrons. The molecule has 1 atom stereocenters. The van der Waals surface area contributed by atoms with E-state index in [9.17, 15) is 8.42 Å². The van der Waals surface area contributed by atoms with Gasteiger partial charge in [0.15, 0.2) is 9.84 Å². The van der Waals surface area contributed by atoms with Gasteiger partial charge in [0.05, 0.1) is 30.5 Å². The van der Waals surface area contributed by atoms with Crippen LogP contribution in [0.15, 0.2) is 57.9 Å². The fourth-order valence-corrected chi connectivity index (χ4v) is 4.53. The molecule has 1 unspecified atom stereocenters. The summed E-state index contributed by atoms with van der Waals surface area (Å²) in [5.74, 6) is 0.625. The molecule has 0 aliphatic carbocycles. The average molecular weight is 440 g/mol. The van der Waals surface area contributed by atoms with Crippen molar-refractivity contribution in [2.75, 3.05) is 39.1 Å². The second kappa shape index (κ2) is 8.52. The number of sulfone groups is 1. The van der Waals surface area contributed by atoms with E-state index < -0.39 is 9.84 Å². The van der Waals surface area contributed by atoms with E-state index in [0.29, 0.717) is 30.3 Å². The van der Waals surface area contributed by atoms with Gasteiger partial charge < -0.3 is 9.47 Å². The summed E-state index contributed by atoms with van der Waals surface area (Å²) >= 11 is 3.43. The Labute approximate surface area is 163 Å². The van der Waals surface area contributed by atoms with Crippen LogP contribution in [0.5, 0.6) is 5.75 Å². The third-order valence-corrected chi connectivity index (χ3v) is 6.69. The average Bonchev–Trinajstić information content (AvgIpc) is 2.67. The van der Waals surface area contributed by atoms with E-state index in [-0.39, 0.29) is 11.9 Å². The van der Waals surface area contributed by atoms with Crippen LogP contribution in [0.3, 0.4) is 0 Å². The standard InChI is InChI=1S/C19H22BrNO4S/c1-24-17-3-2-4-18(13-17)26(22,23)12-10-21-9-11-25-19(14-21)15-5-7-16(20)8-6-15/h2-8,13,19H,9-12,14H2,1H3. The molecular formula is C19H22BrNO4S. The number of morpholine rings is 1. The fourth-order valence-electron chi connectivity index (χ4n) is 2.95. The first-order valence-electron chi connectivity index (χ1n) is 8.44. The van der Waals surface area contributed by atoms with Crippen molar-refractivity contribution in [2.45, 2.75) is 11.0 Å². The largest absolute Gasteiger partial charge is 0.497 e. The summed E-state index contributed by atoms with van der Waals surface area (Å²) in [6, 6.07) is 14.7. The maximum absolute atomic E-state index is 12.6. The molecule has 0 N–H and O–H groups in total. The van der Waals surface area contributed by atoms with Crippen molar-refractivity contribution in [1.29, 1.82) is 0 Å². The molecule has 1 heterocycles. The third-order valence-electron chi connectivity index (χ3n) is 4.47. The van der Waals surface area contributed by atoms with Crippen LogP contribution < -0.4 is 4.74 Å². The Morgan fingerprint density at radius 2 is 2.00 bits per heavy atom. The van der Waals surface area contributed by atoms with Gasteiger partial charge in [-0.3, -0.25) is 4.90 Å². The van der Waals surface area contributed by atoms with E-state index in [4.69, 9.17) is 9.47 Å². The van der Waals surface area contributed by atoms with Gasteiger partial charge in [0.2, 0.25) is 0 Å². The Morgan fingerprint density at radius 3 is 2.73 bits per heavy atom. The SMILES string of the molecule is COc1cccc(S(=O)(=O)CCN2CCOC(c3ccc(Br)cc3)C2)c1. The maximum Gasteiger partial charge on any atom is 0.179 e. The number of ether oxygens (including phenoxy) is 2. The van der Waals surface area contributed by atoms with E-state index in [1.54, 1.807) is 24.3 Å². The molecule has 7 heteroatoms. The molecule has 2 aromatic carbocycles. The predicted molar refractivity (Wildman–Crippen MR) is 104 cm³/mol. The van der Waals surface area contributed by atoms with Crippen LogP contribution in [0, 0.1) is 0 Å². The summed E-state index contributed by atoms with van der Waals surface area (Å²) in [7, 11) is -1.82. The second-order valence-electron chi connectivity index (χ2n) is 6.21. The number of benzene rings is 2. The highest BCUT2D eigenvalue weighted by Gasteiger charge is 2.24. The third kappa shape index (κ3) is 4.85. The number of hydrogen-bond acceptors (Lipinski definition) is 5. The van der Waals surface area contributed by atoms with Crippen LogP contribution >= 0.6 is 15.9 Å². The van der Waals surface area contributed by atoms with E-state index in [1.807, 2.05) is 24.3 Å². The molecular weight excluding hydrogens is 418 g/mol. The molecule has 1 aliphatic rings. The quantitative estimate of drug-likeness (QED) is 0.690. The van der Waals surface area contributed by atoms with Crippen molar-refractivity contribution in [1.82, 2.24) is 4.90 Å². The van der Waals surface area contributed by atoms with Crippen molar-refractivity contribution in [3.8, 4) is 5.75 Å². The minimum Gasteiger partial charge on any atom is -0.497 e. The van der Waals surface area contributed by atoms with Gasteiger partial charge in [0.1, 0.15) is 5.75 Å². The minimum atomic E-state index is -3.35. The Balaban J connectivity index is 1.62. The highest BCUT2D eigenvalue weighted by Crippen LogP contribution is 2.24. The zero-order chi connectivity index (χ0) is 18.6. The first kappa shape index (κ1) is 19.4. The van der Waals surface area contributed by atoms with Crippen molar-refractivity contribution < 1.29 is 17.9 Å². The van der Waals surface area contributed by atoms with Gasteiger partial charge in [-0.1, -0.05) is 34.1 Å². The van der Waals surface area contributed by atoms with Crippen LogP contribution in [-0.4, -0.2) is 52.4 Å². The fraction of sp³-hybridized carbons (Fsp3) is 0.368. The molecule has 5 nitrogen and oxygen atoms in total. The van der Waals surface area contributed by atoms with Crippen molar-refractivity contribution in [2.24, 2.45) is 0 Å². The highest BCUT2D eigenvalue weighted by molar-refractivity contribution is 9.10. The topological polar surface area (TPSA) is 55.8 Å². The summed E-state index contributed by atoms with van der Waals surface area (Å²) in [4.78, 5) is 2.45. The molecule has 0 amide bonds. The summed E-state index contributed by atoms with van der Waals surface area (Å²) in [5, 5.41) is 0. The monoisotopic (exact) mass is 439 g/mol. The number of nitrogens with zero attached hydrogens (tertiary/aromatic N) is 1. The Hall–Kier alpha value is -1.41. The zero-order valence-electron chi connectivity index (χ0n) is 14.6. The molecule has 1 fully saturated rings. The molecule has 3 rings (SSSR count). The van der Waals surface area contributed by atoms with Gasteiger partial charge in [-0.05, 0) is 35.9 Å². The first-order valence-corrected chi connectivity index (χ1v) is 10.9. The molecule has 0 spiro atoms. The number of methoxy groups -OCH3 is 1. The lowest BCUT2D eigenvalue weighted by molar-refractivity contribution is -0.0279. The smallest absolute Gasteiger partial charge is 0.179 e. The number of halogens is 1. The lowest BCUT2D eigenvalue weighted by atomic mass is 10.1. The highest BCUT2D eigenvalue weighted by atomic mass is 79.9. The van der Waals surface area contributed by atoms with Gasteiger partial charge in [0, 0.05) is 24.1 Å². The van der Waals surface area contributed by atoms with Crippen molar-refractivity contribution in [3.05, 3.63) is 58.6 Å². The first-order chi connectivity index (χ1) is 12.5. The molecule has 2 aromatic rings. The lowest BCUT2D eigenvalue weighted by Crippen LogP contribution is -2.40.